The number of aliphatic hydroxyl groups is 1. The molecule has 30 heavy (non-hydrogen) atoms. The summed E-state index contributed by atoms with van der Waals surface area (Å²) in [5.41, 5.74) is 0. The van der Waals surface area contributed by atoms with Gasteiger partial charge in [-0.1, -0.05) is 70.8 Å². The zero-order chi connectivity index (χ0) is 22.0. The van der Waals surface area contributed by atoms with E-state index in [2.05, 4.69) is 13.5 Å². The second kappa shape index (κ2) is 26.5. The van der Waals surface area contributed by atoms with E-state index in [1.54, 1.807) is 6.08 Å². The minimum absolute atomic E-state index is 0.243. The second-order valence-corrected chi connectivity index (χ2v) is 7.57. The molecule has 0 rings (SSSR count). The van der Waals surface area contributed by atoms with E-state index < -0.39 is 6.10 Å². The van der Waals surface area contributed by atoms with Crippen molar-refractivity contribution < 1.29 is 28.8 Å². The summed E-state index contributed by atoms with van der Waals surface area (Å²) in [5, 5.41) is 9.58. The van der Waals surface area contributed by atoms with E-state index in [1.165, 1.54) is 57.8 Å². The molecule has 0 saturated carbocycles. The van der Waals surface area contributed by atoms with Crippen LogP contribution in [0, 0.1) is 0 Å². The van der Waals surface area contributed by atoms with Gasteiger partial charge in [0.05, 0.1) is 59.5 Å². The van der Waals surface area contributed by atoms with Crippen LogP contribution in [-0.2, 0) is 23.7 Å². The van der Waals surface area contributed by atoms with E-state index in [1.807, 2.05) is 0 Å². The van der Waals surface area contributed by atoms with E-state index in [0.29, 0.717) is 46.2 Å². The Bertz CT molecular complexity index is 327. The Morgan fingerprint density at radius 2 is 1.03 bits per heavy atom. The maximum absolute atomic E-state index is 9.58. The van der Waals surface area contributed by atoms with Crippen LogP contribution in [0.1, 0.15) is 71.1 Å². The SMILES string of the molecule is C=CCOCC(O)COCCOCCOCCOCCCCCCCCCCCC. The molecule has 0 aliphatic heterocycles. The van der Waals surface area contributed by atoms with Crippen LogP contribution in [-0.4, -0.2) is 77.3 Å². The molecule has 0 heterocycles. The predicted octanol–water partition coefficient (Wildman–Crippen LogP) is 4.54. The van der Waals surface area contributed by atoms with Gasteiger partial charge < -0.3 is 28.8 Å². The molecule has 0 aromatic rings. The van der Waals surface area contributed by atoms with Crippen LogP contribution < -0.4 is 0 Å². The summed E-state index contributed by atoms with van der Waals surface area (Å²) in [4.78, 5) is 0. The number of rotatable bonds is 26. The van der Waals surface area contributed by atoms with Gasteiger partial charge in [0.15, 0.2) is 0 Å². The molecule has 180 valence electrons. The zero-order valence-corrected chi connectivity index (χ0v) is 19.5. The lowest BCUT2D eigenvalue weighted by atomic mass is 10.1. The Balaban J connectivity index is 3.05. The first-order valence-corrected chi connectivity index (χ1v) is 12.0. The molecular weight excluding hydrogens is 384 g/mol. The molecule has 1 N–H and O–H groups in total. The molecule has 0 radical (unpaired) electrons. The number of hydrogen-bond donors (Lipinski definition) is 1. The van der Waals surface area contributed by atoms with E-state index in [4.69, 9.17) is 23.7 Å². The lowest BCUT2D eigenvalue weighted by Crippen LogP contribution is -2.23. The van der Waals surface area contributed by atoms with Gasteiger partial charge in [-0.15, -0.1) is 6.58 Å². The van der Waals surface area contributed by atoms with Crippen LogP contribution in [0.5, 0.6) is 0 Å². The minimum Gasteiger partial charge on any atom is -0.388 e. The summed E-state index contributed by atoms with van der Waals surface area (Å²) in [7, 11) is 0. The standard InChI is InChI=1S/C24H48O6/c1-3-5-6-7-8-9-10-11-12-13-15-26-16-17-27-18-19-28-20-21-30-23-24(25)22-29-14-4-2/h4,24-25H,2-3,5-23H2,1H3. The molecule has 0 bridgehead atoms. The van der Waals surface area contributed by atoms with Gasteiger partial charge in [0, 0.05) is 6.61 Å². The molecule has 1 unspecified atom stereocenters. The molecule has 6 nitrogen and oxygen atoms in total. The summed E-state index contributed by atoms with van der Waals surface area (Å²) in [6.45, 7) is 10.8. The van der Waals surface area contributed by atoms with Crippen LogP contribution in [0.4, 0.5) is 0 Å². The topological polar surface area (TPSA) is 66.4 Å². The molecule has 0 aromatic carbocycles. The van der Waals surface area contributed by atoms with Gasteiger partial charge >= 0.3 is 0 Å². The van der Waals surface area contributed by atoms with Crippen LogP contribution in [0.25, 0.3) is 0 Å². The van der Waals surface area contributed by atoms with Gasteiger partial charge in [0.2, 0.25) is 0 Å². The van der Waals surface area contributed by atoms with Crippen molar-refractivity contribution in [3.63, 3.8) is 0 Å². The first-order chi connectivity index (χ1) is 14.8. The molecule has 0 aliphatic rings. The maximum Gasteiger partial charge on any atom is 0.101 e. The summed E-state index contributed by atoms with van der Waals surface area (Å²) in [5.74, 6) is 0. The summed E-state index contributed by atoms with van der Waals surface area (Å²) in [6.07, 6.45) is 14.5. The van der Waals surface area contributed by atoms with Crippen LogP contribution in [0.15, 0.2) is 12.7 Å². The molecule has 0 aliphatic carbocycles. The van der Waals surface area contributed by atoms with E-state index in [-0.39, 0.29) is 13.2 Å². The van der Waals surface area contributed by atoms with Gasteiger partial charge in [0.25, 0.3) is 0 Å². The number of ether oxygens (including phenoxy) is 5. The first-order valence-electron chi connectivity index (χ1n) is 12.0. The Morgan fingerprint density at radius 1 is 0.600 bits per heavy atom. The van der Waals surface area contributed by atoms with Crippen molar-refractivity contribution in [1.82, 2.24) is 0 Å². The summed E-state index contributed by atoms with van der Waals surface area (Å²) >= 11 is 0. The van der Waals surface area contributed by atoms with Gasteiger partial charge in [0.1, 0.15) is 6.10 Å². The summed E-state index contributed by atoms with van der Waals surface area (Å²) in [6, 6.07) is 0. The quantitative estimate of drug-likeness (QED) is 0.160. The van der Waals surface area contributed by atoms with Crippen molar-refractivity contribution >= 4 is 0 Å². The van der Waals surface area contributed by atoms with Gasteiger partial charge in [-0.05, 0) is 6.42 Å². The minimum atomic E-state index is -0.617. The number of aliphatic hydroxyl groups excluding tert-OH is 1. The molecule has 0 fully saturated rings. The van der Waals surface area contributed by atoms with Gasteiger partial charge in [-0.25, -0.2) is 0 Å². The molecule has 0 spiro atoms. The van der Waals surface area contributed by atoms with Crippen molar-refractivity contribution in [2.45, 2.75) is 77.2 Å². The zero-order valence-electron chi connectivity index (χ0n) is 19.5. The third kappa shape index (κ3) is 25.5. The normalized spacial score (nSPS) is 12.3. The third-order valence-corrected chi connectivity index (χ3v) is 4.61. The molecule has 0 saturated heterocycles. The fraction of sp³-hybridized carbons (Fsp3) is 0.917. The van der Waals surface area contributed by atoms with Gasteiger partial charge in [-0.3, -0.25) is 0 Å². The van der Waals surface area contributed by atoms with Crippen molar-refractivity contribution in [3.05, 3.63) is 12.7 Å². The van der Waals surface area contributed by atoms with Crippen molar-refractivity contribution in [3.8, 4) is 0 Å². The molecule has 1 atom stereocenters. The first kappa shape index (κ1) is 29.5. The highest BCUT2D eigenvalue weighted by atomic mass is 16.6. The highest BCUT2D eigenvalue weighted by molar-refractivity contribution is 4.64. The highest BCUT2D eigenvalue weighted by Gasteiger charge is 2.03. The number of unbranched alkanes of at least 4 members (excludes halogenated alkanes) is 9. The Kier molecular flexibility index (Phi) is 26.1. The fourth-order valence-electron chi connectivity index (χ4n) is 2.91. The third-order valence-electron chi connectivity index (χ3n) is 4.61. The van der Waals surface area contributed by atoms with Crippen LogP contribution >= 0.6 is 0 Å². The fourth-order valence-corrected chi connectivity index (χ4v) is 2.91. The van der Waals surface area contributed by atoms with Crippen molar-refractivity contribution in [2.75, 3.05) is 66.1 Å². The average molecular weight is 433 g/mol. The average Bonchev–Trinajstić information content (AvgIpc) is 2.75. The summed E-state index contributed by atoms with van der Waals surface area (Å²) < 4.78 is 26.9. The Hall–Kier alpha value is -0.500. The lowest BCUT2D eigenvalue weighted by Gasteiger charge is -2.11. The maximum atomic E-state index is 9.58. The van der Waals surface area contributed by atoms with Crippen LogP contribution in [0.2, 0.25) is 0 Å². The van der Waals surface area contributed by atoms with E-state index in [0.717, 1.165) is 13.0 Å². The predicted molar refractivity (Wildman–Crippen MR) is 122 cm³/mol. The highest BCUT2D eigenvalue weighted by Crippen LogP contribution is 2.10. The largest absolute Gasteiger partial charge is 0.388 e. The number of hydrogen-bond acceptors (Lipinski definition) is 6. The molecule has 0 aromatic heterocycles. The second-order valence-electron chi connectivity index (χ2n) is 7.57. The lowest BCUT2D eigenvalue weighted by molar-refractivity contribution is -0.0353. The van der Waals surface area contributed by atoms with Crippen LogP contribution in [0.3, 0.4) is 0 Å². The van der Waals surface area contributed by atoms with Gasteiger partial charge in [-0.2, -0.15) is 0 Å². The van der Waals surface area contributed by atoms with E-state index >= 15 is 0 Å². The van der Waals surface area contributed by atoms with Crippen molar-refractivity contribution in [1.29, 1.82) is 0 Å². The van der Waals surface area contributed by atoms with E-state index in [9.17, 15) is 5.11 Å². The monoisotopic (exact) mass is 432 g/mol. The molecule has 0 amide bonds. The molecule has 6 heteroatoms. The smallest absolute Gasteiger partial charge is 0.101 e. The Labute approximate surface area is 185 Å². The molecular formula is C24H48O6. The Morgan fingerprint density at radius 3 is 1.57 bits per heavy atom. The van der Waals surface area contributed by atoms with Crippen molar-refractivity contribution in [2.24, 2.45) is 0 Å².